The maximum Gasteiger partial charge on any atom is 0.406 e. The van der Waals surface area contributed by atoms with E-state index in [1.807, 2.05) is 36.2 Å². The number of carbonyl (C=O) groups is 2. The molecule has 0 aliphatic carbocycles. The van der Waals surface area contributed by atoms with E-state index in [1.165, 1.54) is 7.11 Å². The Kier molecular flexibility index (Phi) is 11.9. The number of rotatable bonds is 11. The summed E-state index contributed by atoms with van der Waals surface area (Å²) in [6.45, 7) is 4.99. The maximum atomic E-state index is 13.3. The zero-order valence-electron chi connectivity index (χ0n) is 21.6. The van der Waals surface area contributed by atoms with Gasteiger partial charge in [0.25, 0.3) is 0 Å². The predicted octanol–water partition coefficient (Wildman–Crippen LogP) is 3.47. The Morgan fingerprint density at radius 2 is 2.17 bits per heavy atom. The van der Waals surface area contributed by atoms with Crippen LogP contribution in [-0.2, 0) is 9.47 Å². The molecule has 0 aromatic heterocycles. The summed E-state index contributed by atoms with van der Waals surface area (Å²) in [6.07, 6.45) is 5.40. The third kappa shape index (κ3) is 9.01. The van der Waals surface area contributed by atoms with Crippen LogP contribution in [0, 0.1) is 5.92 Å². The van der Waals surface area contributed by atoms with Gasteiger partial charge in [0.1, 0.15) is 0 Å². The van der Waals surface area contributed by atoms with E-state index >= 15 is 0 Å². The monoisotopic (exact) mass is 523 g/mol. The number of hydrogen-bond donors (Lipinski definition) is 3. The van der Waals surface area contributed by atoms with Crippen molar-refractivity contribution in [2.45, 2.75) is 50.6 Å². The van der Waals surface area contributed by atoms with Crippen molar-refractivity contribution < 1.29 is 19.1 Å². The summed E-state index contributed by atoms with van der Waals surface area (Å²) in [5.74, 6) is 0.489. The van der Waals surface area contributed by atoms with Crippen molar-refractivity contribution in [3.8, 4) is 0 Å². The van der Waals surface area contributed by atoms with Crippen molar-refractivity contribution in [3.63, 3.8) is 0 Å². The van der Waals surface area contributed by atoms with Crippen molar-refractivity contribution in [2.75, 3.05) is 65.0 Å². The third-order valence-corrected chi connectivity index (χ3v) is 7.18. The highest BCUT2D eigenvalue weighted by molar-refractivity contribution is 6.30. The van der Waals surface area contributed by atoms with Crippen molar-refractivity contribution in [1.82, 2.24) is 20.9 Å². The van der Waals surface area contributed by atoms with Crippen LogP contribution in [0.25, 0.3) is 0 Å². The number of nitrogens with zero attached hydrogens (tertiary/aromatic N) is 2. The number of methoxy groups -OCH3 is 1. The summed E-state index contributed by atoms with van der Waals surface area (Å²) in [7, 11) is 3.28. The molecule has 0 spiro atoms. The topological polar surface area (TPSA) is 95.2 Å². The fraction of sp³-hybridized carbons (Fsp3) is 0.692. The Bertz CT molecular complexity index is 823. The molecule has 2 saturated heterocycles. The molecule has 202 valence electrons. The van der Waals surface area contributed by atoms with Gasteiger partial charge in [-0.05, 0) is 69.7 Å². The second-order valence-corrected chi connectivity index (χ2v) is 10.1. The molecule has 2 heterocycles. The van der Waals surface area contributed by atoms with Gasteiger partial charge in [-0.15, -0.1) is 0 Å². The average molecular weight is 524 g/mol. The SMILES string of the molecule is CNC[C@H](C[C@H]1CCCOC1)NC(=O)N1CCC[C@@H](N(CCCNC(=O)OC)c2cccc(Cl)c2)C1. The number of likely N-dealkylation sites (tertiary alicyclic amines) is 1. The molecule has 2 aliphatic heterocycles. The van der Waals surface area contributed by atoms with Gasteiger partial charge in [-0.3, -0.25) is 0 Å². The molecule has 9 nitrogen and oxygen atoms in total. The number of anilines is 1. The van der Waals surface area contributed by atoms with Gasteiger partial charge in [-0.1, -0.05) is 17.7 Å². The van der Waals surface area contributed by atoms with Crippen molar-refractivity contribution in [2.24, 2.45) is 5.92 Å². The number of urea groups is 1. The fourth-order valence-corrected chi connectivity index (χ4v) is 5.37. The Balaban J connectivity index is 1.62. The number of ether oxygens (including phenoxy) is 2. The fourth-order valence-electron chi connectivity index (χ4n) is 5.18. The number of halogens is 1. The lowest BCUT2D eigenvalue weighted by Crippen LogP contribution is -2.55. The van der Waals surface area contributed by atoms with Crippen LogP contribution in [0.5, 0.6) is 0 Å². The minimum Gasteiger partial charge on any atom is -0.453 e. The summed E-state index contributed by atoms with van der Waals surface area (Å²) >= 11 is 6.31. The highest BCUT2D eigenvalue weighted by Crippen LogP contribution is 2.26. The first kappa shape index (κ1) is 28.3. The number of piperidine rings is 1. The number of nitrogens with one attached hydrogen (secondary N) is 3. The smallest absolute Gasteiger partial charge is 0.406 e. The molecule has 1 aromatic rings. The van der Waals surface area contributed by atoms with Gasteiger partial charge in [0.15, 0.2) is 0 Å². The first-order chi connectivity index (χ1) is 17.5. The Labute approximate surface area is 220 Å². The van der Waals surface area contributed by atoms with Gasteiger partial charge in [0.05, 0.1) is 7.11 Å². The second-order valence-electron chi connectivity index (χ2n) is 9.71. The number of alkyl carbamates (subject to hydrolysis) is 1. The van der Waals surface area contributed by atoms with Gasteiger partial charge in [-0.25, -0.2) is 9.59 Å². The Morgan fingerprint density at radius 1 is 1.31 bits per heavy atom. The van der Waals surface area contributed by atoms with Crippen LogP contribution in [0.3, 0.4) is 0 Å². The van der Waals surface area contributed by atoms with Gasteiger partial charge in [0.2, 0.25) is 0 Å². The minimum absolute atomic E-state index is 0.00456. The predicted molar refractivity (Wildman–Crippen MR) is 143 cm³/mol. The van der Waals surface area contributed by atoms with Crippen molar-refractivity contribution >= 4 is 29.4 Å². The van der Waals surface area contributed by atoms with Gasteiger partial charge in [-0.2, -0.15) is 0 Å². The molecule has 0 radical (unpaired) electrons. The van der Waals surface area contributed by atoms with E-state index in [0.29, 0.717) is 24.0 Å². The van der Waals surface area contributed by atoms with Crippen LogP contribution in [0.1, 0.15) is 38.5 Å². The summed E-state index contributed by atoms with van der Waals surface area (Å²) in [4.78, 5) is 29.0. The molecule has 0 saturated carbocycles. The maximum absolute atomic E-state index is 13.3. The van der Waals surface area contributed by atoms with E-state index in [9.17, 15) is 9.59 Å². The van der Waals surface area contributed by atoms with Gasteiger partial charge in [0, 0.05) is 68.7 Å². The first-order valence-corrected chi connectivity index (χ1v) is 13.5. The number of hydrogen-bond acceptors (Lipinski definition) is 6. The normalized spacial score (nSPS) is 20.9. The molecule has 3 amide bonds. The van der Waals surface area contributed by atoms with Crippen LogP contribution >= 0.6 is 11.6 Å². The second kappa shape index (κ2) is 15.1. The van der Waals surface area contributed by atoms with Crippen molar-refractivity contribution in [1.29, 1.82) is 0 Å². The molecule has 2 fully saturated rings. The number of carbonyl (C=O) groups excluding carboxylic acids is 2. The van der Waals surface area contributed by atoms with Crippen LogP contribution in [0.4, 0.5) is 15.3 Å². The number of benzene rings is 1. The molecule has 2 aliphatic rings. The van der Waals surface area contributed by atoms with E-state index in [0.717, 1.165) is 77.1 Å². The van der Waals surface area contributed by atoms with Crippen LogP contribution < -0.4 is 20.9 Å². The molecule has 3 atom stereocenters. The number of amides is 3. The van der Waals surface area contributed by atoms with E-state index in [2.05, 4.69) is 25.6 Å². The standard InChI is InChI=1S/C26H42ClN5O4/c1-28-17-22(15-20-7-5-14-36-19-20)30-25(33)31-12-4-10-24(18-31)32(13-6-11-29-26(34)35-2)23-9-3-8-21(27)16-23/h3,8-9,16,20,22,24,28H,4-7,10-15,17-19H2,1-2H3,(H,29,34)(H,30,33)/t20-,22+,24-/m1/s1. The highest BCUT2D eigenvalue weighted by atomic mass is 35.5. The lowest BCUT2D eigenvalue weighted by molar-refractivity contribution is 0.0476. The van der Waals surface area contributed by atoms with Crippen molar-refractivity contribution in [3.05, 3.63) is 29.3 Å². The third-order valence-electron chi connectivity index (χ3n) is 6.95. The summed E-state index contributed by atoms with van der Waals surface area (Å²) in [6, 6.07) is 8.05. The summed E-state index contributed by atoms with van der Waals surface area (Å²) < 4.78 is 10.3. The first-order valence-electron chi connectivity index (χ1n) is 13.1. The van der Waals surface area contributed by atoms with Crippen LogP contribution in [0.2, 0.25) is 5.02 Å². The lowest BCUT2D eigenvalue weighted by Gasteiger charge is -2.41. The molecule has 0 unspecified atom stereocenters. The average Bonchev–Trinajstić information content (AvgIpc) is 2.89. The van der Waals surface area contributed by atoms with Crippen LogP contribution in [0.15, 0.2) is 24.3 Å². The Hall–Kier alpha value is -2.23. The molecule has 1 aromatic carbocycles. The number of likely N-dealkylation sites (N-methyl/N-ethyl adjacent to an activating group) is 1. The largest absolute Gasteiger partial charge is 0.453 e. The highest BCUT2D eigenvalue weighted by Gasteiger charge is 2.30. The summed E-state index contributed by atoms with van der Waals surface area (Å²) in [5.41, 5.74) is 1.03. The minimum atomic E-state index is -0.430. The molecule has 10 heteroatoms. The molecule has 36 heavy (non-hydrogen) atoms. The van der Waals surface area contributed by atoms with E-state index < -0.39 is 6.09 Å². The quantitative estimate of drug-likeness (QED) is 0.384. The van der Waals surface area contributed by atoms with Gasteiger partial charge >= 0.3 is 12.1 Å². The van der Waals surface area contributed by atoms with Gasteiger partial charge < -0.3 is 35.2 Å². The van der Waals surface area contributed by atoms with E-state index in [-0.39, 0.29) is 18.1 Å². The molecule has 0 bridgehead atoms. The molecular weight excluding hydrogens is 482 g/mol. The van der Waals surface area contributed by atoms with E-state index in [4.69, 9.17) is 16.3 Å². The van der Waals surface area contributed by atoms with E-state index in [1.54, 1.807) is 0 Å². The summed E-state index contributed by atoms with van der Waals surface area (Å²) in [5, 5.41) is 9.93. The zero-order chi connectivity index (χ0) is 25.8. The molecule has 3 N–H and O–H groups in total. The zero-order valence-corrected chi connectivity index (χ0v) is 22.4. The lowest BCUT2D eigenvalue weighted by atomic mass is 9.94. The molecule has 3 rings (SSSR count). The van der Waals surface area contributed by atoms with Crippen LogP contribution in [-0.4, -0.2) is 89.2 Å². The Morgan fingerprint density at radius 3 is 2.89 bits per heavy atom. The molecular formula is C26H42ClN5O4.